The van der Waals surface area contributed by atoms with E-state index in [0.29, 0.717) is 17.9 Å². The molecule has 126 valence electrons. The van der Waals surface area contributed by atoms with Crippen LogP contribution in [0.5, 0.6) is 0 Å². The highest BCUT2D eigenvalue weighted by molar-refractivity contribution is 6.04. The maximum absolute atomic E-state index is 13.6. The summed E-state index contributed by atoms with van der Waals surface area (Å²) < 4.78 is 27.3. The standard InChI is InChI=1S/C19H15F2N3O/c1-12-14(19(25)24-18-15(20)8-5-9-16(18)21)11-22-17(23-12)10-13-6-3-2-4-7-13/h2-9,11H,10H2,1H3,(H,24,25). The number of aryl methyl sites for hydroxylation is 1. The molecular formula is C19H15F2N3O. The summed E-state index contributed by atoms with van der Waals surface area (Å²) in [5.41, 5.74) is 1.17. The van der Waals surface area contributed by atoms with Crippen LogP contribution in [0.3, 0.4) is 0 Å². The minimum atomic E-state index is -0.840. The predicted molar refractivity (Wildman–Crippen MR) is 90.3 cm³/mol. The molecule has 0 saturated heterocycles. The molecule has 2 aromatic carbocycles. The molecule has 0 aliphatic rings. The fourth-order valence-corrected chi connectivity index (χ4v) is 2.40. The number of carbonyl (C=O) groups is 1. The average molecular weight is 339 g/mol. The second kappa shape index (κ2) is 7.17. The number of rotatable bonds is 4. The van der Waals surface area contributed by atoms with Crippen LogP contribution < -0.4 is 5.32 Å². The molecule has 25 heavy (non-hydrogen) atoms. The van der Waals surface area contributed by atoms with Gasteiger partial charge in [-0.3, -0.25) is 4.79 Å². The topological polar surface area (TPSA) is 54.9 Å². The number of hydrogen-bond acceptors (Lipinski definition) is 3. The summed E-state index contributed by atoms with van der Waals surface area (Å²) in [7, 11) is 0. The number of hydrogen-bond donors (Lipinski definition) is 1. The Morgan fingerprint density at radius 3 is 2.36 bits per heavy atom. The van der Waals surface area contributed by atoms with E-state index in [4.69, 9.17) is 0 Å². The Balaban J connectivity index is 1.80. The van der Waals surface area contributed by atoms with Crippen molar-refractivity contribution in [2.75, 3.05) is 5.32 Å². The van der Waals surface area contributed by atoms with Crippen LogP contribution in [0.1, 0.15) is 27.4 Å². The van der Waals surface area contributed by atoms with Crippen molar-refractivity contribution >= 4 is 11.6 Å². The number of nitrogens with one attached hydrogen (secondary N) is 1. The molecule has 0 radical (unpaired) electrons. The van der Waals surface area contributed by atoms with Crippen LogP contribution in [-0.2, 0) is 6.42 Å². The van der Waals surface area contributed by atoms with E-state index in [-0.39, 0.29) is 5.56 Å². The Hall–Kier alpha value is -3.15. The maximum Gasteiger partial charge on any atom is 0.259 e. The Labute approximate surface area is 143 Å². The quantitative estimate of drug-likeness (QED) is 0.784. The summed E-state index contributed by atoms with van der Waals surface area (Å²) in [5.74, 6) is -1.77. The lowest BCUT2D eigenvalue weighted by atomic mass is 10.1. The van der Waals surface area contributed by atoms with Crippen molar-refractivity contribution in [2.45, 2.75) is 13.3 Å². The van der Waals surface area contributed by atoms with Crippen molar-refractivity contribution < 1.29 is 13.6 Å². The Morgan fingerprint density at radius 2 is 1.72 bits per heavy atom. The van der Waals surface area contributed by atoms with E-state index >= 15 is 0 Å². The van der Waals surface area contributed by atoms with Crippen molar-refractivity contribution in [3.8, 4) is 0 Å². The second-order valence-electron chi connectivity index (χ2n) is 5.50. The molecule has 0 atom stereocenters. The van der Waals surface area contributed by atoms with Crippen molar-refractivity contribution in [1.82, 2.24) is 9.97 Å². The van der Waals surface area contributed by atoms with E-state index in [0.717, 1.165) is 17.7 Å². The molecule has 0 unspecified atom stereocenters. The number of aromatic nitrogens is 2. The summed E-state index contributed by atoms with van der Waals surface area (Å²) in [6.07, 6.45) is 1.90. The molecule has 0 spiro atoms. The maximum atomic E-state index is 13.6. The summed E-state index contributed by atoms with van der Waals surface area (Å²) in [6.45, 7) is 1.66. The van der Waals surface area contributed by atoms with Crippen molar-refractivity contribution in [3.63, 3.8) is 0 Å². The number of anilines is 1. The third kappa shape index (κ3) is 3.85. The fraction of sp³-hybridized carbons (Fsp3) is 0.105. The largest absolute Gasteiger partial charge is 0.317 e. The van der Waals surface area contributed by atoms with Gasteiger partial charge >= 0.3 is 0 Å². The first-order valence-electron chi connectivity index (χ1n) is 7.66. The summed E-state index contributed by atoms with van der Waals surface area (Å²) in [4.78, 5) is 20.8. The first kappa shape index (κ1) is 16.7. The lowest BCUT2D eigenvalue weighted by molar-refractivity contribution is 0.102. The molecular weight excluding hydrogens is 324 g/mol. The van der Waals surface area contributed by atoms with Gasteiger partial charge in [-0.25, -0.2) is 18.7 Å². The first-order chi connectivity index (χ1) is 12.0. The van der Waals surface area contributed by atoms with Gasteiger partial charge in [-0.1, -0.05) is 36.4 Å². The molecule has 0 fully saturated rings. The first-order valence-corrected chi connectivity index (χ1v) is 7.66. The number of carbonyl (C=O) groups excluding carboxylic acids is 1. The third-order valence-electron chi connectivity index (χ3n) is 3.68. The van der Waals surface area contributed by atoms with Gasteiger partial charge in [-0.15, -0.1) is 0 Å². The third-order valence-corrected chi connectivity index (χ3v) is 3.68. The van der Waals surface area contributed by atoms with Gasteiger partial charge in [0, 0.05) is 12.6 Å². The van der Waals surface area contributed by atoms with Gasteiger partial charge in [0.15, 0.2) is 0 Å². The molecule has 1 amide bonds. The normalized spacial score (nSPS) is 10.5. The average Bonchev–Trinajstić information content (AvgIpc) is 2.59. The van der Waals surface area contributed by atoms with E-state index in [1.807, 2.05) is 30.3 Å². The zero-order chi connectivity index (χ0) is 17.8. The van der Waals surface area contributed by atoms with Crippen LogP contribution in [0.2, 0.25) is 0 Å². The van der Waals surface area contributed by atoms with E-state index in [2.05, 4.69) is 15.3 Å². The predicted octanol–water partition coefficient (Wildman–Crippen LogP) is 3.91. The summed E-state index contributed by atoms with van der Waals surface area (Å²) in [6, 6.07) is 13.1. The van der Waals surface area contributed by atoms with Gasteiger partial charge in [-0.05, 0) is 24.6 Å². The van der Waals surface area contributed by atoms with Crippen molar-refractivity contribution in [1.29, 1.82) is 0 Å². The van der Waals surface area contributed by atoms with Gasteiger partial charge < -0.3 is 5.32 Å². The lowest BCUT2D eigenvalue weighted by Gasteiger charge is -2.09. The van der Waals surface area contributed by atoms with Crippen LogP contribution in [0.4, 0.5) is 14.5 Å². The van der Waals surface area contributed by atoms with E-state index in [1.165, 1.54) is 12.3 Å². The van der Waals surface area contributed by atoms with Crippen LogP contribution in [-0.4, -0.2) is 15.9 Å². The monoisotopic (exact) mass is 339 g/mol. The van der Waals surface area contributed by atoms with Crippen molar-refractivity contribution in [3.05, 3.63) is 89.0 Å². The molecule has 6 heteroatoms. The second-order valence-corrected chi connectivity index (χ2v) is 5.50. The molecule has 0 aliphatic carbocycles. The SMILES string of the molecule is Cc1nc(Cc2ccccc2)ncc1C(=O)Nc1c(F)cccc1F. The van der Waals surface area contributed by atoms with Gasteiger partial charge in [0.1, 0.15) is 23.1 Å². The Morgan fingerprint density at radius 1 is 1.04 bits per heavy atom. The fourth-order valence-electron chi connectivity index (χ4n) is 2.40. The molecule has 1 N–H and O–H groups in total. The van der Waals surface area contributed by atoms with Crippen LogP contribution in [0.25, 0.3) is 0 Å². The van der Waals surface area contributed by atoms with E-state index in [1.54, 1.807) is 6.92 Å². The lowest BCUT2D eigenvalue weighted by Crippen LogP contribution is -2.17. The number of nitrogens with zero attached hydrogens (tertiary/aromatic N) is 2. The molecule has 3 rings (SSSR count). The van der Waals surface area contributed by atoms with Crippen LogP contribution >= 0.6 is 0 Å². The molecule has 1 aromatic heterocycles. The van der Waals surface area contributed by atoms with E-state index < -0.39 is 23.2 Å². The zero-order valence-electron chi connectivity index (χ0n) is 13.5. The van der Waals surface area contributed by atoms with Gasteiger partial charge in [0.05, 0.1) is 11.3 Å². The number of amides is 1. The molecule has 0 saturated carbocycles. The Kier molecular flexibility index (Phi) is 4.79. The zero-order valence-corrected chi connectivity index (χ0v) is 13.5. The number of halogens is 2. The highest BCUT2D eigenvalue weighted by Gasteiger charge is 2.16. The van der Waals surface area contributed by atoms with Crippen molar-refractivity contribution in [2.24, 2.45) is 0 Å². The van der Waals surface area contributed by atoms with E-state index in [9.17, 15) is 13.6 Å². The minimum absolute atomic E-state index is 0.166. The number of para-hydroxylation sites is 1. The molecule has 4 nitrogen and oxygen atoms in total. The molecule has 0 bridgehead atoms. The highest BCUT2D eigenvalue weighted by atomic mass is 19.1. The number of benzene rings is 2. The van der Waals surface area contributed by atoms with Gasteiger partial charge in [-0.2, -0.15) is 0 Å². The van der Waals surface area contributed by atoms with Crippen LogP contribution in [0.15, 0.2) is 54.7 Å². The smallest absolute Gasteiger partial charge is 0.259 e. The van der Waals surface area contributed by atoms with Gasteiger partial charge in [0.2, 0.25) is 0 Å². The highest BCUT2D eigenvalue weighted by Crippen LogP contribution is 2.19. The molecule has 3 aromatic rings. The van der Waals surface area contributed by atoms with Gasteiger partial charge in [0.25, 0.3) is 5.91 Å². The molecule has 1 heterocycles. The van der Waals surface area contributed by atoms with Crippen LogP contribution in [0, 0.1) is 18.6 Å². The summed E-state index contributed by atoms with van der Waals surface area (Å²) in [5, 5.41) is 2.24. The Bertz CT molecular complexity index is 894. The minimum Gasteiger partial charge on any atom is -0.317 e. The molecule has 0 aliphatic heterocycles. The summed E-state index contributed by atoms with van der Waals surface area (Å²) >= 11 is 0.